The Morgan fingerprint density at radius 3 is 2.64 bits per heavy atom. The fourth-order valence-electron chi connectivity index (χ4n) is 2.58. The summed E-state index contributed by atoms with van der Waals surface area (Å²) in [5.74, 6) is -0.217. The number of aromatic hydroxyl groups is 1. The fraction of sp³-hybridized carbons (Fsp3) is 0.500. The van der Waals surface area contributed by atoms with Crippen molar-refractivity contribution in [3.63, 3.8) is 0 Å². The molecule has 0 atom stereocenters. The number of amides is 1. The van der Waals surface area contributed by atoms with Gasteiger partial charge in [0.2, 0.25) is 5.88 Å². The van der Waals surface area contributed by atoms with Crippen LogP contribution in [0.1, 0.15) is 45.6 Å². The number of fused-ring (bicyclic) bond motifs is 1. The first-order valence-corrected chi connectivity index (χ1v) is 8.38. The molecule has 0 unspecified atom stereocenters. The SMILES string of the molecule is CCCCCc1c(OC)ccc2c(N=NC(=O)C(C)(C)O)c(O)[nH]c12. The Hall–Kier alpha value is -2.41. The molecule has 0 aliphatic carbocycles. The second kappa shape index (κ2) is 7.65. The Kier molecular flexibility index (Phi) is 5.79. The van der Waals surface area contributed by atoms with Gasteiger partial charge in [-0.15, -0.1) is 10.2 Å². The Labute approximate surface area is 146 Å². The predicted octanol–water partition coefficient (Wildman–Crippen LogP) is 4.00. The van der Waals surface area contributed by atoms with Crippen LogP contribution in [-0.4, -0.2) is 33.8 Å². The van der Waals surface area contributed by atoms with Crippen LogP contribution in [0.4, 0.5) is 5.69 Å². The van der Waals surface area contributed by atoms with E-state index in [1.54, 1.807) is 13.2 Å². The van der Waals surface area contributed by atoms with Gasteiger partial charge in [0.1, 0.15) is 11.4 Å². The topological polar surface area (TPSA) is 107 Å². The molecule has 1 amide bonds. The van der Waals surface area contributed by atoms with Crippen LogP contribution in [0.3, 0.4) is 0 Å². The van der Waals surface area contributed by atoms with Crippen molar-refractivity contribution in [3.05, 3.63) is 17.7 Å². The molecule has 0 radical (unpaired) electrons. The monoisotopic (exact) mass is 347 g/mol. The third-order valence-corrected chi connectivity index (χ3v) is 4.01. The zero-order valence-electron chi connectivity index (χ0n) is 15.1. The predicted molar refractivity (Wildman–Crippen MR) is 95.6 cm³/mol. The summed E-state index contributed by atoms with van der Waals surface area (Å²) in [5, 5.41) is 27.8. The summed E-state index contributed by atoms with van der Waals surface area (Å²) in [4.78, 5) is 14.6. The number of benzene rings is 1. The van der Waals surface area contributed by atoms with E-state index in [-0.39, 0.29) is 11.6 Å². The quantitative estimate of drug-likeness (QED) is 0.520. The molecule has 0 saturated carbocycles. The molecule has 25 heavy (non-hydrogen) atoms. The second-order valence-electron chi connectivity index (χ2n) is 6.51. The van der Waals surface area contributed by atoms with E-state index in [0.717, 1.165) is 42.5 Å². The number of aromatic nitrogens is 1. The summed E-state index contributed by atoms with van der Waals surface area (Å²) in [6.07, 6.45) is 4.00. The van der Waals surface area contributed by atoms with Gasteiger partial charge >= 0.3 is 0 Å². The molecule has 0 aliphatic heterocycles. The van der Waals surface area contributed by atoms with E-state index in [1.165, 1.54) is 13.8 Å². The summed E-state index contributed by atoms with van der Waals surface area (Å²) >= 11 is 0. The Bertz CT molecular complexity index is 788. The van der Waals surface area contributed by atoms with Crippen LogP contribution in [0.25, 0.3) is 10.9 Å². The van der Waals surface area contributed by atoms with Crippen molar-refractivity contribution < 1.29 is 19.7 Å². The van der Waals surface area contributed by atoms with Crippen molar-refractivity contribution in [2.75, 3.05) is 7.11 Å². The average Bonchev–Trinajstić information content (AvgIpc) is 2.87. The van der Waals surface area contributed by atoms with Crippen LogP contribution in [0, 0.1) is 0 Å². The minimum atomic E-state index is -1.61. The molecule has 0 aliphatic rings. The highest BCUT2D eigenvalue weighted by Gasteiger charge is 2.24. The van der Waals surface area contributed by atoms with Gasteiger partial charge in [-0.1, -0.05) is 19.8 Å². The van der Waals surface area contributed by atoms with Gasteiger partial charge in [0, 0.05) is 10.9 Å². The van der Waals surface area contributed by atoms with Crippen molar-refractivity contribution in [1.82, 2.24) is 4.98 Å². The molecule has 136 valence electrons. The highest BCUT2D eigenvalue weighted by molar-refractivity contribution is 5.97. The number of methoxy groups -OCH3 is 1. The van der Waals surface area contributed by atoms with Gasteiger partial charge in [0.15, 0.2) is 5.69 Å². The third-order valence-electron chi connectivity index (χ3n) is 4.01. The number of hydrogen-bond donors (Lipinski definition) is 3. The van der Waals surface area contributed by atoms with Gasteiger partial charge in [0.05, 0.1) is 12.6 Å². The minimum Gasteiger partial charge on any atom is -0.496 e. The number of carbonyl (C=O) groups is 1. The number of aryl methyl sites for hydroxylation is 1. The number of azo groups is 1. The molecular formula is C18H25N3O4. The van der Waals surface area contributed by atoms with E-state index in [1.807, 2.05) is 6.07 Å². The largest absolute Gasteiger partial charge is 0.496 e. The van der Waals surface area contributed by atoms with Crippen LogP contribution < -0.4 is 4.74 Å². The van der Waals surface area contributed by atoms with Crippen LogP contribution in [0.15, 0.2) is 22.4 Å². The van der Waals surface area contributed by atoms with E-state index in [4.69, 9.17) is 4.74 Å². The van der Waals surface area contributed by atoms with Crippen molar-refractivity contribution in [2.24, 2.45) is 10.2 Å². The number of aliphatic hydroxyl groups is 1. The number of ether oxygens (including phenoxy) is 1. The van der Waals surface area contributed by atoms with Crippen LogP contribution in [0.2, 0.25) is 0 Å². The molecule has 1 heterocycles. The van der Waals surface area contributed by atoms with Crippen LogP contribution in [0.5, 0.6) is 11.6 Å². The zero-order chi connectivity index (χ0) is 18.6. The number of H-pyrrole nitrogens is 1. The second-order valence-corrected chi connectivity index (χ2v) is 6.51. The summed E-state index contributed by atoms with van der Waals surface area (Å²) in [7, 11) is 1.61. The summed E-state index contributed by atoms with van der Waals surface area (Å²) in [6, 6.07) is 3.57. The number of nitrogens with one attached hydrogen (secondary N) is 1. The van der Waals surface area contributed by atoms with Gasteiger partial charge in [-0.2, -0.15) is 0 Å². The fourth-order valence-corrected chi connectivity index (χ4v) is 2.58. The summed E-state index contributed by atoms with van der Waals surface area (Å²) in [5.41, 5.74) is 0.239. The van der Waals surface area contributed by atoms with E-state index in [9.17, 15) is 15.0 Å². The molecule has 0 bridgehead atoms. The molecule has 2 rings (SSSR count). The molecule has 0 saturated heterocycles. The standard InChI is InChI=1S/C18H25N3O4/c1-5-6-7-8-11-13(25-4)10-9-12-14(11)19-16(22)15(12)20-21-17(23)18(2,3)24/h9-10,19,22,24H,5-8H2,1-4H3. The Morgan fingerprint density at radius 1 is 1.32 bits per heavy atom. The Morgan fingerprint density at radius 2 is 2.04 bits per heavy atom. The lowest BCUT2D eigenvalue weighted by Crippen LogP contribution is -2.28. The lowest BCUT2D eigenvalue weighted by molar-refractivity contribution is -0.133. The number of rotatable bonds is 7. The van der Waals surface area contributed by atoms with Crippen molar-refractivity contribution in [2.45, 2.75) is 52.1 Å². The highest BCUT2D eigenvalue weighted by atomic mass is 16.5. The molecule has 3 N–H and O–H groups in total. The van der Waals surface area contributed by atoms with Gasteiger partial charge < -0.3 is 19.9 Å². The number of aromatic amines is 1. The van der Waals surface area contributed by atoms with Gasteiger partial charge in [-0.3, -0.25) is 4.79 Å². The highest BCUT2D eigenvalue weighted by Crippen LogP contribution is 2.40. The maximum absolute atomic E-state index is 11.7. The minimum absolute atomic E-state index is 0.173. The molecular weight excluding hydrogens is 322 g/mol. The molecule has 2 aromatic rings. The van der Waals surface area contributed by atoms with Gasteiger partial charge in [0.25, 0.3) is 5.91 Å². The lowest BCUT2D eigenvalue weighted by Gasteiger charge is -2.10. The Balaban J connectivity index is 2.47. The van der Waals surface area contributed by atoms with Crippen LogP contribution >= 0.6 is 0 Å². The number of unbranched alkanes of at least 4 members (excludes halogenated alkanes) is 2. The normalized spacial score (nSPS) is 12.2. The first-order valence-electron chi connectivity index (χ1n) is 8.38. The summed E-state index contributed by atoms with van der Waals surface area (Å²) in [6.45, 7) is 4.80. The maximum atomic E-state index is 11.7. The van der Waals surface area contributed by atoms with E-state index in [0.29, 0.717) is 5.39 Å². The van der Waals surface area contributed by atoms with Crippen molar-refractivity contribution in [3.8, 4) is 11.6 Å². The maximum Gasteiger partial charge on any atom is 0.295 e. The van der Waals surface area contributed by atoms with E-state index >= 15 is 0 Å². The average molecular weight is 347 g/mol. The van der Waals surface area contributed by atoms with E-state index in [2.05, 4.69) is 22.1 Å². The van der Waals surface area contributed by atoms with Crippen molar-refractivity contribution in [1.29, 1.82) is 0 Å². The van der Waals surface area contributed by atoms with Crippen LogP contribution in [-0.2, 0) is 11.2 Å². The summed E-state index contributed by atoms with van der Waals surface area (Å²) < 4.78 is 5.43. The van der Waals surface area contributed by atoms with E-state index < -0.39 is 11.5 Å². The first-order chi connectivity index (χ1) is 11.8. The van der Waals surface area contributed by atoms with Crippen molar-refractivity contribution >= 4 is 22.5 Å². The number of hydrogen-bond acceptors (Lipinski definition) is 5. The van der Waals surface area contributed by atoms with Gasteiger partial charge in [-0.25, -0.2) is 0 Å². The molecule has 7 heteroatoms. The zero-order valence-corrected chi connectivity index (χ0v) is 15.1. The number of carbonyl (C=O) groups excluding carboxylic acids is 1. The number of nitrogens with zero attached hydrogens (tertiary/aromatic N) is 2. The molecule has 7 nitrogen and oxygen atoms in total. The third kappa shape index (κ3) is 4.17. The first kappa shape index (κ1) is 18.9. The molecule has 0 fully saturated rings. The molecule has 1 aromatic carbocycles. The lowest BCUT2D eigenvalue weighted by atomic mass is 10.0. The smallest absolute Gasteiger partial charge is 0.295 e. The molecule has 1 aromatic heterocycles. The van der Waals surface area contributed by atoms with Gasteiger partial charge in [-0.05, 0) is 38.8 Å². The molecule has 0 spiro atoms.